The Labute approximate surface area is 195 Å². The molecular weight excluding hydrogens is 374 g/mol. The number of unbranched alkanes of at least 4 members (excludes halogenated alkanes) is 1. The molecule has 1 unspecified atom stereocenters. The molecule has 31 heavy (non-hydrogen) atoms. The molecule has 0 N–H and O–H groups in total. The van der Waals surface area contributed by atoms with Gasteiger partial charge in [-0.1, -0.05) is 110 Å². The van der Waals surface area contributed by atoms with Crippen LogP contribution in [0, 0.1) is 0 Å². The molecule has 0 aromatic heterocycles. The van der Waals surface area contributed by atoms with Gasteiger partial charge in [0.1, 0.15) is 0 Å². The number of fused-ring (bicyclic) bond motifs is 1. The summed E-state index contributed by atoms with van der Waals surface area (Å²) in [5, 5.41) is 0. The molecule has 1 nitrogen and oxygen atoms in total. The monoisotopic (exact) mass is 423 g/mol. The topological polar surface area (TPSA) is 3.24 Å². The number of rotatable bonds is 6. The molecule has 0 bridgehead atoms. The van der Waals surface area contributed by atoms with Gasteiger partial charge in [0, 0.05) is 17.8 Å². The predicted molar refractivity (Wildman–Crippen MR) is 146 cm³/mol. The third-order valence-electron chi connectivity index (χ3n) is 4.98. The van der Waals surface area contributed by atoms with Gasteiger partial charge in [0.15, 0.2) is 0 Å². The van der Waals surface area contributed by atoms with E-state index in [1.165, 1.54) is 29.5 Å². The van der Waals surface area contributed by atoms with Crippen molar-refractivity contribution in [1.82, 2.24) is 4.90 Å². The molecule has 1 heteroatoms. The van der Waals surface area contributed by atoms with Gasteiger partial charge in [-0.3, -0.25) is 0 Å². The summed E-state index contributed by atoms with van der Waals surface area (Å²) in [4.78, 5) is 2.35. The van der Waals surface area contributed by atoms with Gasteiger partial charge in [-0.05, 0) is 56.0 Å². The Morgan fingerprint density at radius 2 is 1.58 bits per heavy atom. The van der Waals surface area contributed by atoms with Gasteiger partial charge in [-0.15, -0.1) is 0 Å². The fourth-order valence-corrected chi connectivity index (χ4v) is 3.18. The molecule has 1 aliphatic rings. The summed E-state index contributed by atoms with van der Waals surface area (Å²) in [5.41, 5.74) is 7.11. The molecule has 1 heterocycles. The van der Waals surface area contributed by atoms with E-state index in [1.54, 1.807) is 0 Å². The maximum Gasteiger partial charge on any atom is 0.0521 e. The highest BCUT2D eigenvalue weighted by Crippen LogP contribution is 2.41. The Morgan fingerprint density at radius 1 is 1.00 bits per heavy atom. The smallest absolute Gasteiger partial charge is 0.0521 e. The van der Waals surface area contributed by atoms with Crippen LogP contribution in [0.4, 0.5) is 0 Å². The van der Waals surface area contributed by atoms with Crippen molar-refractivity contribution in [1.29, 1.82) is 0 Å². The molecule has 0 radical (unpaired) electrons. The highest BCUT2D eigenvalue weighted by atomic mass is 15.2. The quantitative estimate of drug-likeness (QED) is 0.411. The van der Waals surface area contributed by atoms with Crippen LogP contribution in [0.15, 0.2) is 67.3 Å². The van der Waals surface area contributed by atoms with E-state index in [4.69, 9.17) is 0 Å². The SMILES string of the molecule is C=C(C(/C=C/C)=C/C=C/C)c1ccc2c(c1)C(C)N(CC)C2=C.CC.CC.CCCC. The number of nitrogens with zero attached hydrogens (tertiary/aromatic N) is 1. The van der Waals surface area contributed by atoms with Gasteiger partial charge in [0.2, 0.25) is 0 Å². The summed E-state index contributed by atoms with van der Waals surface area (Å²) in [7, 11) is 0. The van der Waals surface area contributed by atoms with Gasteiger partial charge in [-0.25, -0.2) is 0 Å². The zero-order valence-electron chi connectivity index (χ0n) is 22.2. The average Bonchev–Trinajstić information content (AvgIpc) is 3.07. The number of allylic oxidation sites excluding steroid dienone is 7. The molecule has 0 saturated heterocycles. The van der Waals surface area contributed by atoms with E-state index in [2.05, 4.69) is 88.3 Å². The number of benzene rings is 1. The molecule has 1 aromatic carbocycles. The van der Waals surface area contributed by atoms with Crippen LogP contribution >= 0.6 is 0 Å². The largest absolute Gasteiger partial charge is 0.365 e. The Morgan fingerprint density at radius 3 is 2.03 bits per heavy atom. The van der Waals surface area contributed by atoms with E-state index in [0.29, 0.717) is 6.04 Å². The van der Waals surface area contributed by atoms with Crippen LogP contribution in [0.3, 0.4) is 0 Å². The van der Waals surface area contributed by atoms with Crippen molar-refractivity contribution in [2.75, 3.05) is 6.54 Å². The van der Waals surface area contributed by atoms with Crippen molar-refractivity contribution in [2.45, 2.75) is 88.1 Å². The minimum Gasteiger partial charge on any atom is -0.365 e. The fraction of sp³-hybridized carbons (Fsp3) is 0.467. The summed E-state index contributed by atoms with van der Waals surface area (Å²) in [6, 6.07) is 6.99. The van der Waals surface area contributed by atoms with Crippen LogP contribution in [0.1, 0.15) is 105 Å². The molecule has 174 valence electrons. The number of hydrogen-bond acceptors (Lipinski definition) is 1. The van der Waals surface area contributed by atoms with E-state index < -0.39 is 0 Å². The minimum absolute atomic E-state index is 0.375. The van der Waals surface area contributed by atoms with E-state index in [0.717, 1.165) is 23.4 Å². The van der Waals surface area contributed by atoms with Crippen molar-refractivity contribution in [3.63, 3.8) is 0 Å². The normalized spacial score (nSPS) is 14.9. The first-order chi connectivity index (χ1) is 15.0. The molecule has 0 fully saturated rings. The average molecular weight is 424 g/mol. The van der Waals surface area contributed by atoms with Crippen molar-refractivity contribution in [2.24, 2.45) is 0 Å². The van der Waals surface area contributed by atoms with Crippen molar-refractivity contribution in [3.05, 3.63) is 84.0 Å². The summed E-state index contributed by atoms with van der Waals surface area (Å²) in [5.74, 6) is 0. The molecule has 0 spiro atoms. The van der Waals surface area contributed by atoms with Gasteiger partial charge >= 0.3 is 0 Å². The van der Waals surface area contributed by atoms with Crippen molar-refractivity contribution >= 4 is 11.3 Å². The Balaban J connectivity index is 0. The lowest BCUT2D eigenvalue weighted by Gasteiger charge is -2.23. The summed E-state index contributed by atoms with van der Waals surface area (Å²) in [6.45, 7) is 30.4. The second kappa shape index (κ2) is 18.5. The standard InChI is InChI=1S/C22H27N.C4H10.2C2H6/c1-7-10-12-19(11-8-2)16(4)20-13-14-21-17(5)23(9-3)18(6)22(21)15-20;1-3-4-2;2*1-2/h7-8,10-15,18H,4-5,9H2,1-3,6H3;3-4H2,1-2H3;2*1-2H3/b10-7+,11-8+,19-12+;;;. The third kappa shape index (κ3) is 9.17. The van der Waals surface area contributed by atoms with Gasteiger partial charge in [0.05, 0.1) is 6.04 Å². The molecule has 1 aliphatic heterocycles. The lowest BCUT2D eigenvalue weighted by molar-refractivity contribution is 0.354. The van der Waals surface area contributed by atoms with Crippen LogP contribution in [0.2, 0.25) is 0 Å². The van der Waals surface area contributed by atoms with Gasteiger partial charge in [0.25, 0.3) is 0 Å². The van der Waals surface area contributed by atoms with Crippen LogP contribution in [-0.4, -0.2) is 11.4 Å². The Hall–Kier alpha value is -2.28. The Kier molecular flexibility index (Phi) is 18.4. The lowest BCUT2D eigenvalue weighted by Crippen LogP contribution is -2.17. The van der Waals surface area contributed by atoms with Crippen molar-refractivity contribution in [3.8, 4) is 0 Å². The maximum atomic E-state index is 4.32. The molecule has 0 aliphatic carbocycles. The second-order valence-corrected chi connectivity index (χ2v) is 6.84. The van der Waals surface area contributed by atoms with Gasteiger partial charge < -0.3 is 4.90 Å². The third-order valence-corrected chi connectivity index (χ3v) is 4.98. The first-order valence-electron chi connectivity index (χ1n) is 12.2. The highest BCUT2D eigenvalue weighted by Gasteiger charge is 2.28. The first-order valence-corrected chi connectivity index (χ1v) is 12.2. The highest BCUT2D eigenvalue weighted by molar-refractivity contribution is 5.82. The Bertz CT molecular complexity index is 729. The number of hydrogen-bond donors (Lipinski definition) is 0. The van der Waals surface area contributed by atoms with E-state index in [1.807, 2.05) is 47.6 Å². The minimum atomic E-state index is 0.375. The second-order valence-electron chi connectivity index (χ2n) is 6.84. The molecule has 0 saturated carbocycles. The summed E-state index contributed by atoms with van der Waals surface area (Å²) < 4.78 is 0. The lowest BCUT2D eigenvalue weighted by atomic mass is 9.94. The van der Waals surface area contributed by atoms with E-state index in [-0.39, 0.29) is 0 Å². The predicted octanol–water partition coefficient (Wildman–Crippen LogP) is 10.0. The molecule has 0 amide bonds. The van der Waals surface area contributed by atoms with Crippen LogP contribution < -0.4 is 0 Å². The summed E-state index contributed by atoms with van der Waals surface area (Å²) >= 11 is 0. The first kappa shape index (κ1) is 30.9. The maximum absolute atomic E-state index is 4.32. The molecule has 2 rings (SSSR count). The molecular formula is C30H49N. The van der Waals surface area contributed by atoms with Crippen molar-refractivity contribution < 1.29 is 0 Å². The zero-order chi connectivity index (χ0) is 24.4. The van der Waals surface area contributed by atoms with Gasteiger partial charge in [-0.2, -0.15) is 0 Å². The molecule has 1 atom stereocenters. The van der Waals surface area contributed by atoms with E-state index in [9.17, 15) is 0 Å². The zero-order valence-corrected chi connectivity index (χ0v) is 22.2. The van der Waals surface area contributed by atoms with E-state index >= 15 is 0 Å². The van der Waals surface area contributed by atoms with Crippen LogP contribution in [-0.2, 0) is 0 Å². The fourth-order valence-electron chi connectivity index (χ4n) is 3.18. The molecule has 1 aromatic rings. The van der Waals surface area contributed by atoms with Crippen LogP contribution in [0.25, 0.3) is 11.3 Å². The van der Waals surface area contributed by atoms with Crippen LogP contribution in [0.5, 0.6) is 0 Å². The summed E-state index contributed by atoms with van der Waals surface area (Å²) in [6.07, 6.45) is 13.0.